The standard InChI is InChI=1S/C16H24N4O2/c1-13-17-7-3-14(18-13)19-8-5-16(6-9-19)4-2-15(22)20(12-16)10-11-21/h3,7,21H,2,4-6,8-12H2,1H3. The Morgan fingerprint density at radius 1 is 1.32 bits per heavy atom. The first-order valence-corrected chi connectivity index (χ1v) is 8.05. The molecular formula is C16H24N4O2. The van der Waals surface area contributed by atoms with Gasteiger partial charge in [-0.25, -0.2) is 9.97 Å². The SMILES string of the molecule is Cc1nccc(N2CCC3(CCC(=O)N(CCO)C3)CC2)n1. The van der Waals surface area contributed by atoms with Gasteiger partial charge in [-0.2, -0.15) is 0 Å². The van der Waals surface area contributed by atoms with Crippen molar-refractivity contribution in [2.24, 2.45) is 5.41 Å². The van der Waals surface area contributed by atoms with E-state index < -0.39 is 0 Å². The Balaban J connectivity index is 1.64. The van der Waals surface area contributed by atoms with Gasteiger partial charge < -0.3 is 14.9 Å². The number of β-amino-alcohol motifs (C(OH)–C–C–N with tert-alkyl or cyclic N) is 1. The third-order valence-corrected chi connectivity index (χ3v) is 5.03. The molecule has 0 unspecified atom stereocenters. The van der Waals surface area contributed by atoms with Gasteiger partial charge in [0.1, 0.15) is 11.6 Å². The van der Waals surface area contributed by atoms with Crippen LogP contribution in [0.4, 0.5) is 5.82 Å². The first-order chi connectivity index (χ1) is 10.6. The van der Waals surface area contributed by atoms with Crippen LogP contribution in [0, 0.1) is 12.3 Å². The lowest BCUT2D eigenvalue weighted by atomic mass is 9.72. The Kier molecular flexibility index (Phi) is 4.29. The molecule has 0 aromatic carbocycles. The van der Waals surface area contributed by atoms with Crippen molar-refractivity contribution in [3.63, 3.8) is 0 Å². The Morgan fingerprint density at radius 3 is 2.77 bits per heavy atom. The zero-order valence-corrected chi connectivity index (χ0v) is 13.2. The normalized spacial score (nSPS) is 21.5. The van der Waals surface area contributed by atoms with Crippen LogP contribution in [0.3, 0.4) is 0 Å². The number of aliphatic hydroxyl groups excluding tert-OH is 1. The van der Waals surface area contributed by atoms with Crippen molar-refractivity contribution in [2.45, 2.75) is 32.6 Å². The van der Waals surface area contributed by atoms with E-state index in [1.165, 1.54) is 0 Å². The summed E-state index contributed by atoms with van der Waals surface area (Å²) in [6, 6.07) is 1.97. The van der Waals surface area contributed by atoms with Crippen molar-refractivity contribution in [3.05, 3.63) is 18.1 Å². The molecule has 2 fully saturated rings. The quantitative estimate of drug-likeness (QED) is 0.902. The van der Waals surface area contributed by atoms with Crippen LogP contribution >= 0.6 is 0 Å². The van der Waals surface area contributed by atoms with Crippen LogP contribution in [0.2, 0.25) is 0 Å². The molecule has 0 atom stereocenters. The number of amides is 1. The number of piperidine rings is 2. The fourth-order valence-corrected chi connectivity index (χ4v) is 3.66. The molecule has 3 rings (SSSR count). The van der Waals surface area contributed by atoms with E-state index in [-0.39, 0.29) is 17.9 Å². The van der Waals surface area contributed by atoms with Crippen molar-refractivity contribution >= 4 is 11.7 Å². The van der Waals surface area contributed by atoms with Gasteiger partial charge in [-0.15, -0.1) is 0 Å². The minimum atomic E-state index is 0.0498. The fraction of sp³-hybridized carbons (Fsp3) is 0.688. The Labute approximate surface area is 131 Å². The van der Waals surface area contributed by atoms with Crippen LogP contribution < -0.4 is 4.90 Å². The number of aromatic nitrogens is 2. The van der Waals surface area contributed by atoms with E-state index in [0.717, 1.165) is 50.5 Å². The highest BCUT2D eigenvalue weighted by Crippen LogP contribution is 2.40. The molecule has 22 heavy (non-hydrogen) atoms. The van der Waals surface area contributed by atoms with Gasteiger partial charge in [0.25, 0.3) is 0 Å². The zero-order chi connectivity index (χ0) is 15.6. The molecule has 120 valence electrons. The summed E-state index contributed by atoms with van der Waals surface area (Å²) in [5, 5.41) is 9.12. The first kappa shape index (κ1) is 15.2. The number of carbonyl (C=O) groups excluding carboxylic acids is 1. The second-order valence-corrected chi connectivity index (χ2v) is 6.49. The zero-order valence-electron chi connectivity index (χ0n) is 13.2. The Hall–Kier alpha value is -1.69. The highest BCUT2D eigenvalue weighted by atomic mass is 16.3. The lowest BCUT2D eigenvalue weighted by Crippen LogP contribution is -2.52. The predicted molar refractivity (Wildman–Crippen MR) is 83.5 cm³/mol. The molecule has 2 saturated heterocycles. The number of likely N-dealkylation sites (tertiary alicyclic amines) is 1. The van der Waals surface area contributed by atoms with Crippen LogP contribution in [0.1, 0.15) is 31.5 Å². The maximum atomic E-state index is 11.9. The van der Waals surface area contributed by atoms with Crippen molar-refractivity contribution < 1.29 is 9.90 Å². The van der Waals surface area contributed by atoms with E-state index in [9.17, 15) is 4.79 Å². The molecule has 0 radical (unpaired) electrons. The number of hydrogen-bond donors (Lipinski definition) is 1. The first-order valence-electron chi connectivity index (χ1n) is 8.05. The number of aryl methyl sites for hydroxylation is 1. The van der Waals surface area contributed by atoms with Crippen LogP contribution in [-0.4, -0.2) is 58.7 Å². The molecule has 1 N–H and O–H groups in total. The van der Waals surface area contributed by atoms with Crippen molar-refractivity contribution in [1.82, 2.24) is 14.9 Å². The molecule has 2 aliphatic heterocycles. The molecule has 1 aromatic heterocycles. The molecule has 1 spiro atoms. The van der Waals surface area contributed by atoms with Gasteiger partial charge in [0.05, 0.1) is 6.61 Å². The summed E-state index contributed by atoms with van der Waals surface area (Å²) < 4.78 is 0. The van der Waals surface area contributed by atoms with Gasteiger partial charge in [0.2, 0.25) is 5.91 Å². The number of anilines is 1. The molecule has 2 aliphatic rings. The largest absolute Gasteiger partial charge is 0.395 e. The monoisotopic (exact) mass is 304 g/mol. The number of carbonyl (C=O) groups is 1. The highest BCUT2D eigenvalue weighted by Gasteiger charge is 2.40. The highest BCUT2D eigenvalue weighted by molar-refractivity contribution is 5.77. The van der Waals surface area contributed by atoms with Crippen LogP contribution in [0.15, 0.2) is 12.3 Å². The molecule has 6 heteroatoms. The predicted octanol–water partition coefficient (Wildman–Crippen LogP) is 0.986. The maximum absolute atomic E-state index is 11.9. The van der Waals surface area contributed by atoms with Gasteiger partial charge in [-0.1, -0.05) is 0 Å². The lowest BCUT2D eigenvalue weighted by molar-refractivity contribution is -0.138. The van der Waals surface area contributed by atoms with E-state index in [0.29, 0.717) is 13.0 Å². The molecule has 0 saturated carbocycles. The van der Waals surface area contributed by atoms with Crippen molar-refractivity contribution in [2.75, 3.05) is 37.7 Å². The van der Waals surface area contributed by atoms with E-state index in [1.54, 1.807) is 0 Å². The van der Waals surface area contributed by atoms with Crippen LogP contribution in [0.25, 0.3) is 0 Å². The van der Waals surface area contributed by atoms with Crippen molar-refractivity contribution in [1.29, 1.82) is 0 Å². The molecule has 0 aliphatic carbocycles. The average molecular weight is 304 g/mol. The topological polar surface area (TPSA) is 69.6 Å². The molecule has 1 aromatic rings. The van der Waals surface area contributed by atoms with Crippen LogP contribution in [0.5, 0.6) is 0 Å². The summed E-state index contributed by atoms with van der Waals surface area (Å²) >= 11 is 0. The van der Waals surface area contributed by atoms with Gasteiger partial charge in [0.15, 0.2) is 0 Å². The van der Waals surface area contributed by atoms with E-state index in [2.05, 4.69) is 14.9 Å². The minimum Gasteiger partial charge on any atom is -0.395 e. The molecule has 6 nitrogen and oxygen atoms in total. The summed E-state index contributed by atoms with van der Waals surface area (Å²) in [6.45, 7) is 5.16. The Morgan fingerprint density at radius 2 is 2.09 bits per heavy atom. The van der Waals surface area contributed by atoms with Gasteiger partial charge in [-0.05, 0) is 37.7 Å². The lowest BCUT2D eigenvalue weighted by Gasteiger charge is -2.47. The van der Waals surface area contributed by atoms with Crippen LogP contribution in [-0.2, 0) is 4.79 Å². The number of aliphatic hydroxyl groups is 1. The minimum absolute atomic E-state index is 0.0498. The van der Waals surface area contributed by atoms with E-state index in [4.69, 9.17) is 5.11 Å². The average Bonchev–Trinajstić information content (AvgIpc) is 2.52. The number of rotatable bonds is 3. The van der Waals surface area contributed by atoms with Crippen molar-refractivity contribution in [3.8, 4) is 0 Å². The molecule has 3 heterocycles. The van der Waals surface area contributed by atoms with E-state index in [1.807, 2.05) is 24.1 Å². The second kappa shape index (κ2) is 6.20. The fourth-order valence-electron chi connectivity index (χ4n) is 3.66. The Bertz CT molecular complexity index is 541. The summed E-state index contributed by atoms with van der Waals surface area (Å²) in [5.74, 6) is 1.99. The summed E-state index contributed by atoms with van der Waals surface area (Å²) in [4.78, 5) is 24.7. The number of nitrogens with zero attached hydrogens (tertiary/aromatic N) is 4. The van der Waals surface area contributed by atoms with Gasteiger partial charge in [0, 0.05) is 38.8 Å². The summed E-state index contributed by atoms with van der Waals surface area (Å²) in [5.41, 5.74) is 0.224. The van der Waals surface area contributed by atoms with Gasteiger partial charge in [-0.3, -0.25) is 4.79 Å². The third kappa shape index (κ3) is 3.06. The summed E-state index contributed by atoms with van der Waals surface area (Å²) in [7, 11) is 0. The molecule has 0 bridgehead atoms. The molecule has 1 amide bonds. The van der Waals surface area contributed by atoms with Gasteiger partial charge >= 0.3 is 0 Å². The third-order valence-electron chi connectivity index (χ3n) is 5.03. The second-order valence-electron chi connectivity index (χ2n) is 6.49. The maximum Gasteiger partial charge on any atom is 0.222 e. The van der Waals surface area contributed by atoms with E-state index >= 15 is 0 Å². The summed E-state index contributed by atoms with van der Waals surface area (Å²) in [6.07, 6.45) is 5.55. The molecular weight excluding hydrogens is 280 g/mol. The smallest absolute Gasteiger partial charge is 0.222 e. The number of hydrogen-bond acceptors (Lipinski definition) is 5.